The SMILES string of the molecule is CC(C)(C)OC(=O)N1CC(F)(F)C2C1CN(C(=O)OC(C)(C)C)N2CCC(C)(C)C(=O)OC(C)(C)C. The van der Waals surface area contributed by atoms with Crippen molar-refractivity contribution in [2.75, 3.05) is 19.6 Å². The van der Waals surface area contributed by atoms with Crippen molar-refractivity contribution < 1.29 is 37.4 Å². The first-order valence-electron chi connectivity index (χ1n) is 12.3. The van der Waals surface area contributed by atoms with Crippen molar-refractivity contribution in [3.8, 4) is 0 Å². The Labute approximate surface area is 213 Å². The minimum Gasteiger partial charge on any atom is -0.460 e. The predicted molar refractivity (Wildman–Crippen MR) is 129 cm³/mol. The van der Waals surface area contributed by atoms with Gasteiger partial charge in [-0.2, -0.15) is 0 Å². The molecule has 9 nitrogen and oxygen atoms in total. The van der Waals surface area contributed by atoms with Crippen LogP contribution in [0, 0.1) is 5.41 Å². The molecule has 11 heteroatoms. The average Bonchev–Trinajstić information content (AvgIpc) is 3.12. The number of nitrogens with zero attached hydrogens (tertiary/aromatic N) is 3. The Hall–Kier alpha value is -2.17. The second-order valence-electron chi connectivity index (χ2n) is 13.2. The highest BCUT2D eigenvalue weighted by molar-refractivity contribution is 5.76. The molecule has 2 amide bonds. The zero-order chi connectivity index (χ0) is 28.1. The van der Waals surface area contributed by atoms with Crippen molar-refractivity contribution in [3.63, 3.8) is 0 Å². The topological polar surface area (TPSA) is 88.6 Å². The molecule has 0 spiro atoms. The van der Waals surface area contributed by atoms with Gasteiger partial charge >= 0.3 is 18.2 Å². The Morgan fingerprint density at radius 3 is 1.75 bits per heavy atom. The van der Waals surface area contributed by atoms with Crippen molar-refractivity contribution in [2.45, 2.75) is 117 Å². The van der Waals surface area contributed by atoms with Gasteiger partial charge in [0.05, 0.1) is 24.5 Å². The smallest absolute Gasteiger partial charge is 0.425 e. The lowest BCUT2D eigenvalue weighted by Gasteiger charge is -2.36. The molecule has 2 atom stereocenters. The quantitative estimate of drug-likeness (QED) is 0.388. The summed E-state index contributed by atoms with van der Waals surface area (Å²) in [6.07, 6.45) is -1.53. The minimum atomic E-state index is -3.33. The molecule has 0 bridgehead atoms. The van der Waals surface area contributed by atoms with Crippen LogP contribution < -0.4 is 0 Å². The molecule has 0 aliphatic carbocycles. The van der Waals surface area contributed by atoms with Gasteiger partial charge in [-0.1, -0.05) is 0 Å². The molecule has 0 aromatic rings. The number of halogens is 2. The first-order valence-corrected chi connectivity index (χ1v) is 12.3. The number of hydrogen-bond donors (Lipinski definition) is 0. The lowest BCUT2D eigenvalue weighted by atomic mass is 9.89. The van der Waals surface area contributed by atoms with E-state index in [9.17, 15) is 14.4 Å². The summed E-state index contributed by atoms with van der Waals surface area (Å²) in [4.78, 5) is 39.6. The Bertz CT molecular complexity index is 857. The maximum absolute atomic E-state index is 15.4. The van der Waals surface area contributed by atoms with Crippen LogP contribution in [0.5, 0.6) is 0 Å². The van der Waals surface area contributed by atoms with E-state index in [1.54, 1.807) is 76.2 Å². The molecule has 2 rings (SSSR count). The molecule has 208 valence electrons. The van der Waals surface area contributed by atoms with Crippen LogP contribution in [-0.2, 0) is 19.0 Å². The van der Waals surface area contributed by atoms with Crippen molar-refractivity contribution >= 4 is 18.2 Å². The van der Waals surface area contributed by atoms with E-state index in [0.717, 1.165) is 9.91 Å². The van der Waals surface area contributed by atoms with Crippen LogP contribution in [-0.4, -0.2) is 87.5 Å². The molecule has 36 heavy (non-hydrogen) atoms. The first-order chi connectivity index (χ1) is 15.9. The third kappa shape index (κ3) is 7.43. The summed E-state index contributed by atoms with van der Waals surface area (Å²) in [5.74, 6) is -3.79. The van der Waals surface area contributed by atoms with Crippen molar-refractivity contribution in [1.82, 2.24) is 14.9 Å². The zero-order valence-electron chi connectivity index (χ0n) is 23.5. The maximum Gasteiger partial charge on any atom is 0.425 e. The lowest BCUT2D eigenvalue weighted by Crippen LogP contribution is -2.53. The summed E-state index contributed by atoms with van der Waals surface area (Å²) < 4.78 is 47.2. The maximum atomic E-state index is 15.4. The van der Waals surface area contributed by atoms with Crippen molar-refractivity contribution in [1.29, 1.82) is 0 Å². The Kier molecular flexibility index (Phi) is 8.02. The second-order valence-corrected chi connectivity index (χ2v) is 13.2. The molecule has 0 N–H and O–H groups in total. The number of esters is 1. The lowest BCUT2D eigenvalue weighted by molar-refractivity contribution is -0.167. The van der Waals surface area contributed by atoms with Crippen molar-refractivity contribution in [2.24, 2.45) is 5.41 Å². The van der Waals surface area contributed by atoms with Gasteiger partial charge in [-0.25, -0.2) is 28.4 Å². The van der Waals surface area contributed by atoms with E-state index in [4.69, 9.17) is 14.2 Å². The molecule has 0 aromatic heterocycles. The van der Waals surface area contributed by atoms with Gasteiger partial charge in [0.2, 0.25) is 0 Å². The number of fused-ring (bicyclic) bond motifs is 1. The normalized spacial score (nSPS) is 22.9. The van der Waals surface area contributed by atoms with E-state index in [2.05, 4.69) is 0 Å². The number of hydrogen-bond acceptors (Lipinski definition) is 7. The largest absolute Gasteiger partial charge is 0.460 e. The summed E-state index contributed by atoms with van der Waals surface area (Å²) >= 11 is 0. The minimum absolute atomic E-state index is 0.0512. The third-order valence-electron chi connectivity index (χ3n) is 5.72. The molecule has 2 heterocycles. The molecule has 2 saturated heterocycles. The molecular formula is C25H43F2N3O6. The second kappa shape index (κ2) is 9.61. The predicted octanol–water partition coefficient (Wildman–Crippen LogP) is 4.84. The molecule has 2 fully saturated rings. The van der Waals surface area contributed by atoms with Gasteiger partial charge in [0, 0.05) is 6.54 Å². The van der Waals surface area contributed by atoms with E-state index in [1.807, 2.05) is 0 Å². The highest BCUT2D eigenvalue weighted by Gasteiger charge is 2.65. The van der Waals surface area contributed by atoms with Gasteiger partial charge in [0.1, 0.15) is 22.8 Å². The van der Waals surface area contributed by atoms with Crippen LogP contribution in [0.1, 0.15) is 82.6 Å². The van der Waals surface area contributed by atoms with Gasteiger partial charge in [-0.05, 0) is 82.6 Å². The van der Waals surface area contributed by atoms with E-state index in [0.29, 0.717) is 0 Å². The summed E-state index contributed by atoms with van der Waals surface area (Å²) in [7, 11) is 0. The summed E-state index contributed by atoms with van der Waals surface area (Å²) in [5, 5.41) is 2.37. The van der Waals surface area contributed by atoms with Crippen LogP contribution in [0.25, 0.3) is 0 Å². The van der Waals surface area contributed by atoms with E-state index in [1.165, 1.54) is 5.01 Å². The molecular weight excluding hydrogens is 476 g/mol. The molecule has 0 aromatic carbocycles. The number of hydrazine groups is 1. The van der Waals surface area contributed by atoms with E-state index >= 15 is 8.78 Å². The molecule has 0 saturated carbocycles. The highest BCUT2D eigenvalue weighted by Crippen LogP contribution is 2.43. The van der Waals surface area contributed by atoms with Crippen LogP contribution in [0.3, 0.4) is 0 Å². The average molecular weight is 520 g/mol. The fourth-order valence-corrected chi connectivity index (χ4v) is 4.12. The van der Waals surface area contributed by atoms with Gasteiger partial charge in [0.25, 0.3) is 5.92 Å². The van der Waals surface area contributed by atoms with Crippen LogP contribution in [0.4, 0.5) is 18.4 Å². The molecule has 2 unspecified atom stereocenters. The number of carbonyl (C=O) groups is 3. The molecule has 0 radical (unpaired) electrons. The molecule has 2 aliphatic heterocycles. The van der Waals surface area contributed by atoms with Crippen LogP contribution >= 0.6 is 0 Å². The number of rotatable bonds is 4. The van der Waals surface area contributed by atoms with Gasteiger partial charge < -0.3 is 14.2 Å². The summed E-state index contributed by atoms with van der Waals surface area (Å²) in [6.45, 7) is 17.5. The Morgan fingerprint density at radius 1 is 0.806 bits per heavy atom. The van der Waals surface area contributed by atoms with Gasteiger partial charge in [-0.3, -0.25) is 9.69 Å². The number of alkyl halides is 2. The Balaban J connectivity index is 2.36. The Morgan fingerprint density at radius 2 is 1.28 bits per heavy atom. The van der Waals surface area contributed by atoms with Crippen LogP contribution in [0.2, 0.25) is 0 Å². The zero-order valence-corrected chi connectivity index (χ0v) is 23.5. The standard InChI is InChI=1S/C25H43F2N3O6/c1-21(2,3)34-18(31)24(10,11)12-13-29-17-16(14-30(29)20(33)36-23(7,8)9)28(15-25(17,26)27)19(32)35-22(4,5)6/h16-17H,12-15H2,1-11H3. The third-order valence-corrected chi connectivity index (χ3v) is 5.72. The number of likely N-dealkylation sites (tertiary alicyclic amines) is 1. The fraction of sp³-hybridized carbons (Fsp3) is 0.880. The van der Waals surface area contributed by atoms with E-state index in [-0.39, 0.29) is 19.5 Å². The number of amides is 2. The van der Waals surface area contributed by atoms with Gasteiger partial charge in [-0.15, -0.1) is 0 Å². The summed E-state index contributed by atoms with van der Waals surface area (Å²) in [6, 6.07) is -2.49. The number of carbonyl (C=O) groups excluding carboxylic acids is 3. The molecule has 2 aliphatic rings. The van der Waals surface area contributed by atoms with Crippen LogP contribution in [0.15, 0.2) is 0 Å². The first kappa shape index (κ1) is 30.1. The summed E-state index contributed by atoms with van der Waals surface area (Å²) in [5.41, 5.74) is -3.44. The van der Waals surface area contributed by atoms with Gasteiger partial charge in [0.15, 0.2) is 0 Å². The number of ether oxygens (including phenoxy) is 3. The monoisotopic (exact) mass is 519 g/mol. The fourth-order valence-electron chi connectivity index (χ4n) is 4.12. The van der Waals surface area contributed by atoms with Crippen molar-refractivity contribution in [3.05, 3.63) is 0 Å². The highest BCUT2D eigenvalue weighted by atomic mass is 19.3. The van der Waals surface area contributed by atoms with E-state index < -0.39 is 64.9 Å².